The number of piperidine rings is 1. The van der Waals surface area contributed by atoms with Gasteiger partial charge in [0, 0.05) is 6.54 Å². The van der Waals surface area contributed by atoms with E-state index < -0.39 is 16.1 Å². The van der Waals surface area contributed by atoms with Crippen LogP contribution in [0.25, 0.3) is 0 Å². The maximum Gasteiger partial charge on any atom is 0.256 e. The maximum atomic E-state index is 12.6. The van der Waals surface area contributed by atoms with Gasteiger partial charge in [-0.3, -0.25) is 4.79 Å². The third-order valence-corrected chi connectivity index (χ3v) is 6.61. The molecule has 19 heavy (non-hydrogen) atoms. The first-order valence-corrected chi connectivity index (χ1v) is 8.44. The van der Waals surface area contributed by atoms with Crippen molar-refractivity contribution in [3.63, 3.8) is 0 Å². The van der Waals surface area contributed by atoms with Gasteiger partial charge in [-0.25, -0.2) is 8.42 Å². The van der Waals surface area contributed by atoms with Gasteiger partial charge in [-0.1, -0.05) is 6.42 Å². The van der Waals surface area contributed by atoms with E-state index in [4.69, 9.17) is 4.74 Å². The predicted octanol–water partition coefficient (Wildman–Crippen LogP) is 1.89. The molecule has 2 rings (SSSR count). The summed E-state index contributed by atoms with van der Waals surface area (Å²) in [7, 11) is -2.21. The van der Waals surface area contributed by atoms with Crippen LogP contribution >= 0.6 is 11.3 Å². The fourth-order valence-corrected chi connectivity index (χ4v) is 5.43. The topological polar surface area (TPSA) is 63.7 Å². The number of nitrogens with zero attached hydrogens (tertiary/aromatic N) is 1. The zero-order valence-electron chi connectivity index (χ0n) is 11.0. The lowest BCUT2D eigenvalue weighted by molar-refractivity contribution is -0.121. The van der Waals surface area contributed by atoms with Crippen LogP contribution < -0.4 is 4.74 Å². The lowest BCUT2D eigenvalue weighted by Gasteiger charge is -2.32. The molecule has 0 N–H and O–H groups in total. The Hall–Kier alpha value is -0.920. The summed E-state index contributed by atoms with van der Waals surface area (Å²) in [5, 5.41) is 1.68. The Labute approximate surface area is 117 Å². The van der Waals surface area contributed by atoms with Crippen molar-refractivity contribution >= 4 is 27.1 Å². The molecule has 2 heterocycles. The molecule has 0 spiro atoms. The Morgan fingerprint density at radius 1 is 1.47 bits per heavy atom. The minimum atomic E-state index is -3.65. The van der Waals surface area contributed by atoms with E-state index in [1.165, 1.54) is 18.3 Å². The summed E-state index contributed by atoms with van der Waals surface area (Å²) >= 11 is 1.12. The maximum absolute atomic E-state index is 12.6. The molecule has 1 aliphatic heterocycles. The van der Waals surface area contributed by atoms with Crippen LogP contribution in [0.5, 0.6) is 5.75 Å². The Bertz CT molecular complexity index is 564. The zero-order chi connectivity index (χ0) is 14.0. The normalized spacial score (nSPS) is 21.3. The van der Waals surface area contributed by atoms with Crippen LogP contribution in [0.4, 0.5) is 0 Å². The quantitative estimate of drug-likeness (QED) is 0.852. The van der Waals surface area contributed by atoms with Crippen LogP contribution in [0.2, 0.25) is 0 Å². The summed E-state index contributed by atoms with van der Waals surface area (Å²) in [4.78, 5) is 11.6. The van der Waals surface area contributed by atoms with Gasteiger partial charge in [-0.15, -0.1) is 11.3 Å². The molecule has 0 aromatic carbocycles. The van der Waals surface area contributed by atoms with Crippen molar-refractivity contribution in [3.8, 4) is 5.75 Å². The molecule has 1 aliphatic rings. The number of sulfonamides is 1. The molecule has 5 nitrogen and oxygen atoms in total. The van der Waals surface area contributed by atoms with E-state index in [1.807, 2.05) is 0 Å². The first kappa shape index (κ1) is 14.5. The van der Waals surface area contributed by atoms with Crippen molar-refractivity contribution in [1.29, 1.82) is 0 Å². The minimum Gasteiger partial charge on any atom is -0.494 e. The Morgan fingerprint density at radius 2 is 2.21 bits per heavy atom. The summed E-state index contributed by atoms with van der Waals surface area (Å²) in [6.07, 6.45) is 2.27. The van der Waals surface area contributed by atoms with Gasteiger partial charge < -0.3 is 4.74 Å². The van der Waals surface area contributed by atoms with E-state index in [0.29, 0.717) is 18.7 Å². The van der Waals surface area contributed by atoms with E-state index >= 15 is 0 Å². The van der Waals surface area contributed by atoms with Gasteiger partial charge >= 0.3 is 0 Å². The zero-order valence-corrected chi connectivity index (χ0v) is 12.6. The van der Waals surface area contributed by atoms with E-state index in [9.17, 15) is 13.2 Å². The highest BCUT2D eigenvalue weighted by Crippen LogP contribution is 2.34. The number of ketones is 1. The van der Waals surface area contributed by atoms with Gasteiger partial charge in [0.05, 0.1) is 13.2 Å². The van der Waals surface area contributed by atoms with Gasteiger partial charge in [0.15, 0.2) is 4.21 Å². The average molecular weight is 303 g/mol. The van der Waals surface area contributed by atoms with Crippen LogP contribution in [-0.4, -0.2) is 38.2 Å². The van der Waals surface area contributed by atoms with Gasteiger partial charge in [0.1, 0.15) is 11.5 Å². The number of thiophene rings is 1. The second-order valence-electron chi connectivity index (χ2n) is 4.51. The number of Topliss-reactive ketones (excluding diaryl/α,β-unsaturated/α-hetero) is 1. The average Bonchev–Trinajstić information content (AvgIpc) is 2.87. The summed E-state index contributed by atoms with van der Waals surface area (Å²) in [6.45, 7) is 1.85. The minimum absolute atomic E-state index is 0.0983. The van der Waals surface area contributed by atoms with Gasteiger partial charge in [0.2, 0.25) is 0 Å². The highest BCUT2D eigenvalue weighted by Gasteiger charge is 2.37. The summed E-state index contributed by atoms with van der Waals surface area (Å²) in [6, 6.07) is 1.09. The molecule has 0 radical (unpaired) electrons. The Kier molecular flexibility index (Phi) is 4.27. The first-order chi connectivity index (χ1) is 8.98. The molecule has 1 fully saturated rings. The fraction of sp³-hybridized carbons (Fsp3) is 0.583. The molecular weight excluding hydrogens is 286 g/mol. The SMILES string of the molecule is COc1ccsc1S(=O)(=O)N1CCCC[C@H]1C(C)=O. The largest absolute Gasteiger partial charge is 0.494 e. The summed E-state index contributed by atoms with van der Waals surface area (Å²) in [5.41, 5.74) is 0. The Balaban J connectivity index is 2.40. The van der Waals surface area contributed by atoms with Crippen molar-refractivity contribution in [2.75, 3.05) is 13.7 Å². The molecule has 7 heteroatoms. The van der Waals surface area contributed by atoms with Gasteiger partial charge in [-0.2, -0.15) is 4.31 Å². The first-order valence-electron chi connectivity index (χ1n) is 6.12. The number of ether oxygens (including phenoxy) is 1. The van der Waals surface area contributed by atoms with E-state index in [0.717, 1.165) is 24.2 Å². The van der Waals surface area contributed by atoms with Crippen molar-refractivity contribution in [2.45, 2.75) is 36.4 Å². The van der Waals surface area contributed by atoms with Gasteiger partial charge in [0.25, 0.3) is 10.0 Å². The monoisotopic (exact) mass is 303 g/mol. The lowest BCUT2D eigenvalue weighted by atomic mass is 10.0. The number of rotatable bonds is 4. The van der Waals surface area contributed by atoms with E-state index in [-0.39, 0.29) is 9.99 Å². The van der Waals surface area contributed by atoms with Crippen molar-refractivity contribution in [2.24, 2.45) is 0 Å². The van der Waals surface area contributed by atoms with Crippen molar-refractivity contribution in [1.82, 2.24) is 4.31 Å². The molecule has 1 saturated heterocycles. The fourth-order valence-electron chi connectivity index (χ4n) is 2.33. The van der Waals surface area contributed by atoms with Crippen LogP contribution in [0.15, 0.2) is 15.7 Å². The van der Waals surface area contributed by atoms with Crippen LogP contribution in [0.1, 0.15) is 26.2 Å². The standard InChI is InChI=1S/C12H17NO4S2/c1-9(14)10-5-3-4-7-13(10)19(15,16)12-11(17-2)6-8-18-12/h6,8,10H,3-5,7H2,1-2H3/t10-/m0/s1. The molecule has 1 aromatic heterocycles. The summed E-state index contributed by atoms with van der Waals surface area (Å²) < 4.78 is 31.9. The second kappa shape index (κ2) is 5.60. The molecule has 0 saturated carbocycles. The predicted molar refractivity (Wildman–Crippen MR) is 73.1 cm³/mol. The van der Waals surface area contributed by atoms with Crippen LogP contribution in [-0.2, 0) is 14.8 Å². The molecule has 0 unspecified atom stereocenters. The number of hydrogen-bond acceptors (Lipinski definition) is 5. The summed E-state index contributed by atoms with van der Waals surface area (Å²) in [5.74, 6) is 0.247. The molecular formula is C12H17NO4S2. The molecule has 0 bridgehead atoms. The molecule has 0 amide bonds. The molecule has 106 valence electrons. The molecule has 1 aromatic rings. The van der Waals surface area contributed by atoms with E-state index in [1.54, 1.807) is 11.4 Å². The van der Waals surface area contributed by atoms with Crippen molar-refractivity contribution in [3.05, 3.63) is 11.4 Å². The smallest absolute Gasteiger partial charge is 0.256 e. The number of methoxy groups -OCH3 is 1. The number of carbonyl (C=O) groups excluding carboxylic acids is 1. The molecule has 1 atom stereocenters. The van der Waals surface area contributed by atoms with Crippen LogP contribution in [0.3, 0.4) is 0 Å². The highest BCUT2D eigenvalue weighted by molar-refractivity contribution is 7.91. The molecule has 0 aliphatic carbocycles. The highest BCUT2D eigenvalue weighted by atomic mass is 32.2. The third kappa shape index (κ3) is 2.68. The number of carbonyl (C=O) groups is 1. The van der Waals surface area contributed by atoms with Gasteiger partial charge in [-0.05, 0) is 31.2 Å². The third-order valence-electron chi connectivity index (χ3n) is 3.28. The number of hydrogen-bond donors (Lipinski definition) is 0. The Morgan fingerprint density at radius 3 is 2.84 bits per heavy atom. The second-order valence-corrected chi connectivity index (χ2v) is 7.52. The lowest BCUT2D eigenvalue weighted by Crippen LogP contribution is -2.46. The van der Waals surface area contributed by atoms with E-state index in [2.05, 4.69) is 0 Å². The van der Waals surface area contributed by atoms with Crippen LogP contribution in [0, 0.1) is 0 Å². The van der Waals surface area contributed by atoms with Crippen molar-refractivity contribution < 1.29 is 17.9 Å².